The number of esters is 2. The van der Waals surface area contributed by atoms with E-state index in [0.717, 1.165) is 21.8 Å². The van der Waals surface area contributed by atoms with Crippen LogP contribution < -0.4 is 0 Å². The van der Waals surface area contributed by atoms with Crippen LogP contribution in [0.25, 0.3) is 0 Å². The zero-order valence-corrected chi connectivity index (χ0v) is 18.9. The molecule has 2 saturated carbocycles. The van der Waals surface area contributed by atoms with E-state index in [4.69, 9.17) is 9.47 Å². The zero-order valence-electron chi connectivity index (χ0n) is 15.7. The van der Waals surface area contributed by atoms with E-state index in [0.29, 0.717) is 11.8 Å². The first-order valence-electron chi connectivity index (χ1n) is 9.11. The average Bonchev–Trinajstić information content (AvgIpc) is 3.62. The Balaban J connectivity index is 0.000000161. The number of ether oxygens (including phenoxy) is 2. The van der Waals surface area contributed by atoms with Gasteiger partial charge in [0.25, 0.3) is 0 Å². The van der Waals surface area contributed by atoms with Gasteiger partial charge in [0.2, 0.25) is 0 Å². The molecule has 148 valence electrons. The van der Waals surface area contributed by atoms with Crippen molar-refractivity contribution in [1.82, 2.24) is 0 Å². The predicted octanol–water partition coefficient (Wildman–Crippen LogP) is 5.45. The molecule has 2 aliphatic rings. The molecule has 0 aromatic heterocycles. The Morgan fingerprint density at radius 2 is 1.04 bits per heavy atom. The molecule has 4 atom stereocenters. The van der Waals surface area contributed by atoms with Crippen molar-refractivity contribution in [2.24, 2.45) is 11.8 Å². The maximum absolute atomic E-state index is 11.2. The minimum Gasteiger partial charge on any atom is -0.469 e. The number of rotatable bonds is 4. The molecule has 6 heteroatoms. The Bertz CT molecular complexity index is 761. The quantitative estimate of drug-likeness (QED) is 0.514. The highest BCUT2D eigenvalue weighted by Crippen LogP contribution is 2.48. The van der Waals surface area contributed by atoms with Crippen LogP contribution in [0.3, 0.4) is 0 Å². The SMILES string of the molecule is COC(=O)C1CC1c1ccc(Br)cc1.COC(=O)C1CC1c1ccc(Br)cc1. The molecule has 4 rings (SSSR count). The molecule has 2 aliphatic carbocycles. The minimum absolute atomic E-state index is 0.0844. The van der Waals surface area contributed by atoms with E-state index in [1.165, 1.54) is 25.3 Å². The van der Waals surface area contributed by atoms with E-state index in [2.05, 4.69) is 56.1 Å². The van der Waals surface area contributed by atoms with Crippen molar-refractivity contribution in [1.29, 1.82) is 0 Å². The first-order valence-corrected chi connectivity index (χ1v) is 10.7. The van der Waals surface area contributed by atoms with Crippen molar-refractivity contribution >= 4 is 43.8 Å². The standard InChI is InChI=1S/2C11H11BrO2/c2*1-14-11(13)10-6-9(10)7-2-4-8(12)5-3-7/h2*2-5,9-10H,6H2,1H3. The van der Waals surface area contributed by atoms with Crippen LogP contribution in [0.1, 0.15) is 35.8 Å². The monoisotopic (exact) mass is 508 g/mol. The van der Waals surface area contributed by atoms with Crippen molar-refractivity contribution in [2.45, 2.75) is 24.7 Å². The highest BCUT2D eigenvalue weighted by atomic mass is 79.9. The summed E-state index contributed by atoms with van der Waals surface area (Å²) in [5.74, 6) is 0.740. The summed E-state index contributed by atoms with van der Waals surface area (Å²) in [6.07, 6.45) is 1.85. The summed E-state index contributed by atoms with van der Waals surface area (Å²) >= 11 is 6.76. The number of carbonyl (C=O) groups is 2. The Morgan fingerprint density at radius 3 is 1.32 bits per heavy atom. The van der Waals surface area contributed by atoms with Crippen molar-refractivity contribution in [3.8, 4) is 0 Å². The highest BCUT2D eigenvalue weighted by Gasteiger charge is 2.45. The van der Waals surface area contributed by atoms with Crippen LogP contribution in [-0.4, -0.2) is 26.2 Å². The van der Waals surface area contributed by atoms with E-state index in [1.807, 2.05) is 24.3 Å². The Labute approximate surface area is 181 Å². The fourth-order valence-electron chi connectivity index (χ4n) is 3.37. The molecule has 0 heterocycles. The first kappa shape index (κ1) is 21.1. The third-order valence-corrected chi connectivity index (χ3v) is 6.24. The van der Waals surface area contributed by atoms with Gasteiger partial charge in [-0.05, 0) is 60.1 Å². The maximum Gasteiger partial charge on any atom is 0.309 e. The van der Waals surface area contributed by atoms with Gasteiger partial charge in [-0.3, -0.25) is 9.59 Å². The lowest BCUT2D eigenvalue weighted by Crippen LogP contribution is -2.03. The molecule has 0 bridgehead atoms. The lowest BCUT2D eigenvalue weighted by molar-refractivity contribution is -0.143. The van der Waals surface area contributed by atoms with Crippen LogP contribution >= 0.6 is 31.9 Å². The summed E-state index contributed by atoms with van der Waals surface area (Å²) < 4.78 is 11.5. The van der Waals surface area contributed by atoms with Gasteiger partial charge in [0.05, 0.1) is 26.1 Å². The van der Waals surface area contributed by atoms with Crippen LogP contribution in [0.2, 0.25) is 0 Å². The van der Waals surface area contributed by atoms with Gasteiger partial charge >= 0.3 is 11.9 Å². The Morgan fingerprint density at radius 1 is 0.714 bits per heavy atom. The average molecular weight is 510 g/mol. The molecule has 2 fully saturated rings. The number of hydrogen-bond donors (Lipinski definition) is 0. The van der Waals surface area contributed by atoms with Gasteiger partial charge in [0.1, 0.15) is 0 Å². The highest BCUT2D eigenvalue weighted by molar-refractivity contribution is 9.10. The molecule has 4 nitrogen and oxygen atoms in total. The summed E-state index contributed by atoms with van der Waals surface area (Å²) in [7, 11) is 2.89. The summed E-state index contributed by atoms with van der Waals surface area (Å²) in [6.45, 7) is 0. The minimum atomic E-state index is -0.0853. The lowest BCUT2D eigenvalue weighted by Gasteiger charge is -1.99. The molecule has 0 radical (unpaired) electrons. The summed E-state index contributed by atoms with van der Waals surface area (Å²) in [5, 5.41) is 0. The summed E-state index contributed by atoms with van der Waals surface area (Å²) in [5.41, 5.74) is 2.45. The molecule has 0 N–H and O–H groups in total. The topological polar surface area (TPSA) is 52.6 Å². The molecule has 0 spiro atoms. The smallest absolute Gasteiger partial charge is 0.309 e. The number of hydrogen-bond acceptors (Lipinski definition) is 4. The molecular weight excluding hydrogens is 488 g/mol. The Kier molecular flexibility index (Phi) is 6.94. The fourth-order valence-corrected chi connectivity index (χ4v) is 3.90. The lowest BCUT2D eigenvalue weighted by atomic mass is 10.1. The van der Waals surface area contributed by atoms with E-state index in [-0.39, 0.29) is 23.8 Å². The van der Waals surface area contributed by atoms with Crippen LogP contribution in [-0.2, 0) is 19.1 Å². The van der Waals surface area contributed by atoms with Gasteiger partial charge < -0.3 is 9.47 Å². The molecule has 0 aliphatic heterocycles. The van der Waals surface area contributed by atoms with Gasteiger partial charge in [0.15, 0.2) is 0 Å². The molecule has 28 heavy (non-hydrogen) atoms. The van der Waals surface area contributed by atoms with E-state index in [1.54, 1.807) is 0 Å². The van der Waals surface area contributed by atoms with Crippen LogP contribution in [0.5, 0.6) is 0 Å². The summed E-state index contributed by atoms with van der Waals surface area (Å²) in [6, 6.07) is 16.2. The number of benzene rings is 2. The van der Waals surface area contributed by atoms with Crippen molar-refractivity contribution < 1.29 is 19.1 Å². The van der Waals surface area contributed by atoms with Gasteiger partial charge in [0, 0.05) is 8.95 Å². The van der Waals surface area contributed by atoms with Crippen molar-refractivity contribution in [3.05, 3.63) is 68.6 Å². The molecule has 0 amide bonds. The maximum atomic E-state index is 11.2. The normalized spacial score (nSPS) is 24.4. The second kappa shape index (κ2) is 9.23. The predicted molar refractivity (Wildman–Crippen MR) is 114 cm³/mol. The van der Waals surface area contributed by atoms with Crippen LogP contribution in [0.15, 0.2) is 57.5 Å². The molecule has 0 saturated heterocycles. The van der Waals surface area contributed by atoms with Gasteiger partial charge in [-0.2, -0.15) is 0 Å². The molecule has 2 aromatic carbocycles. The van der Waals surface area contributed by atoms with Crippen molar-refractivity contribution in [2.75, 3.05) is 14.2 Å². The molecule has 4 unspecified atom stereocenters. The second-order valence-corrected chi connectivity index (χ2v) is 8.88. The number of methoxy groups -OCH3 is 2. The fraction of sp³-hybridized carbons (Fsp3) is 0.364. The first-order chi connectivity index (χ1) is 13.4. The van der Waals surface area contributed by atoms with Gasteiger partial charge in [-0.1, -0.05) is 56.1 Å². The number of halogens is 2. The molecular formula is C22H22Br2O4. The van der Waals surface area contributed by atoms with E-state index >= 15 is 0 Å². The van der Waals surface area contributed by atoms with Crippen molar-refractivity contribution in [3.63, 3.8) is 0 Å². The van der Waals surface area contributed by atoms with Gasteiger partial charge in [-0.25, -0.2) is 0 Å². The number of carbonyl (C=O) groups excluding carboxylic acids is 2. The largest absolute Gasteiger partial charge is 0.469 e. The van der Waals surface area contributed by atoms with Gasteiger partial charge in [-0.15, -0.1) is 0 Å². The molecule has 2 aromatic rings. The second-order valence-electron chi connectivity index (χ2n) is 7.05. The van der Waals surface area contributed by atoms with E-state index < -0.39 is 0 Å². The third-order valence-electron chi connectivity index (χ3n) is 5.19. The van der Waals surface area contributed by atoms with E-state index in [9.17, 15) is 9.59 Å². The van der Waals surface area contributed by atoms with Crippen LogP contribution in [0.4, 0.5) is 0 Å². The summed E-state index contributed by atoms with van der Waals surface area (Å²) in [4.78, 5) is 22.4. The Hall–Kier alpha value is -1.66. The zero-order chi connectivity index (χ0) is 20.3. The third kappa shape index (κ3) is 5.23. The van der Waals surface area contributed by atoms with Crippen LogP contribution in [0, 0.1) is 11.8 Å².